The topological polar surface area (TPSA) is 81.4 Å². The molecule has 0 aliphatic carbocycles. The van der Waals surface area contributed by atoms with Gasteiger partial charge in [-0.3, -0.25) is 10.1 Å². The summed E-state index contributed by atoms with van der Waals surface area (Å²) >= 11 is 0. The zero-order valence-corrected chi connectivity index (χ0v) is 10.5. The van der Waals surface area contributed by atoms with Gasteiger partial charge < -0.3 is 9.64 Å². The van der Waals surface area contributed by atoms with Crippen LogP contribution in [-0.2, 0) is 4.74 Å². The van der Waals surface area contributed by atoms with Crippen LogP contribution >= 0.6 is 0 Å². The molecular formula is C11H16N4O3. The van der Waals surface area contributed by atoms with E-state index >= 15 is 0 Å². The summed E-state index contributed by atoms with van der Waals surface area (Å²) in [6.07, 6.45) is 3.37. The van der Waals surface area contributed by atoms with E-state index in [0.717, 1.165) is 6.42 Å². The highest BCUT2D eigenvalue weighted by atomic mass is 16.6. The first-order valence-electron chi connectivity index (χ1n) is 5.89. The Labute approximate surface area is 105 Å². The van der Waals surface area contributed by atoms with E-state index in [-0.39, 0.29) is 11.3 Å². The molecule has 0 amide bonds. The summed E-state index contributed by atoms with van der Waals surface area (Å²) in [5.41, 5.74) is -0.297. The Hall–Kier alpha value is -1.76. The SMILES string of the molecule is CCC1(C)CN(c2ncc([N+](=O)[O-])cn2)CCO1. The highest BCUT2D eigenvalue weighted by Gasteiger charge is 2.31. The predicted octanol–water partition coefficient (Wildman–Crippen LogP) is 1.39. The first-order valence-corrected chi connectivity index (χ1v) is 5.89. The molecule has 0 aromatic carbocycles. The maximum Gasteiger partial charge on any atom is 0.305 e. The van der Waals surface area contributed by atoms with E-state index in [9.17, 15) is 10.1 Å². The summed E-state index contributed by atoms with van der Waals surface area (Å²) in [6.45, 7) is 6.13. The number of rotatable bonds is 3. The van der Waals surface area contributed by atoms with Crippen molar-refractivity contribution < 1.29 is 9.66 Å². The molecule has 1 aliphatic rings. The molecule has 0 N–H and O–H groups in total. The largest absolute Gasteiger partial charge is 0.372 e. The van der Waals surface area contributed by atoms with Crippen LogP contribution in [0, 0.1) is 10.1 Å². The number of nitrogens with zero attached hydrogens (tertiary/aromatic N) is 4. The Morgan fingerprint density at radius 2 is 2.22 bits per heavy atom. The number of morpholine rings is 1. The van der Waals surface area contributed by atoms with Gasteiger partial charge in [-0.1, -0.05) is 6.92 Å². The maximum absolute atomic E-state index is 10.5. The van der Waals surface area contributed by atoms with Crippen LogP contribution in [0.1, 0.15) is 20.3 Å². The van der Waals surface area contributed by atoms with Gasteiger partial charge in [-0.2, -0.15) is 0 Å². The van der Waals surface area contributed by atoms with Crippen molar-refractivity contribution in [3.05, 3.63) is 22.5 Å². The van der Waals surface area contributed by atoms with Crippen molar-refractivity contribution in [3.63, 3.8) is 0 Å². The highest BCUT2D eigenvalue weighted by molar-refractivity contribution is 5.35. The molecule has 1 aliphatic heterocycles. The summed E-state index contributed by atoms with van der Waals surface area (Å²) in [5, 5.41) is 10.5. The van der Waals surface area contributed by atoms with Crippen LogP contribution < -0.4 is 4.90 Å². The average molecular weight is 252 g/mol. The second kappa shape index (κ2) is 4.85. The predicted molar refractivity (Wildman–Crippen MR) is 65.5 cm³/mol. The number of hydrogen-bond donors (Lipinski definition) is 0. The minimum atomic E-state index is -0.501. The summed E-state index contributed by atoms with van der Waals surface area (Å²) in [6, 6.07) is 0. The van der Waals surface area contributed by atoms with Crippen molar-refractivity contribution in [1.29, 1.82) is 0 Å². The quantitative estimate of drug-likeness (QED) is 0.597. The zero-order chi connectivity index (χ0) is 13.2. The van der Waals surface area contributed by atoms with E-state index in [2.05, 4.69) is 16.9 Å². The number of anilines is 1. The highest BCUT2D eigenvalue weighted by Crippen LogP contribution is 2.23. The monoisotopic (exact) mass is 252 g/mol. The third-order valence-electron chi connectivity index (χ3n) is 3.20. The van der Waals surface area contributed by atoms with Gasteiger partial charge in [0.15, 0.2) is 0 Å². The van der Waals surface area contributed by atoms with E-state index in [1.807, 2.05) is 11.8 Å². The van der Waals surface area contributed by atoms with Crippen LogP contribution in [0.5, 0.6) is 0 Å². The molecule has 1 atom stereocenters. The number of aromatic nitrogens is 2. The number of hydrogen-bond acceptors (Lipinski definition) is 6. The van der Waals surface area contributed by atoms with Crippen LogP contribution in [0.2, 0.25) is 0 Å². The molecule has 7 nitrogen and oxygen atoms in total. The van der Waals surface area contributed by atoms with Crippen LogP contribution in [0.4, 0.5) is 11.6 Å². The van der Waals surface area contributed by atoms with Gasteiger partial charge in [-0.05, 0) is 13.3 Å². The van der Waals surface area contributed by atoms with Crippen molar-refractivity contribution in [2.75, 3.05) is 24.6 Å². The lowest BCUT2D eigenvalue weighted by Crippen LogP contribution is -2.50. The van der Waals surface area contributed by atoms with Gasteiger partial charge in [-0.15, -0.1) is 0 Å². The fraction of sp³-hybridized carbons (Fsp3) is 0.636. The Bertz CT molecular complexity index is 436. The summed E-state index contributed by atoms with van der Waals surface area (Å²) in [7, 11) is 0. The number of ether oxygens (including phenoxy) is 1. The van der Waals surface area contributed by atoms with E-state index in [1.165, 1.54) is 12.4 Å². The molecule has 1 unspecified atom stereocenters. The smallest absolute Gasteiger partial charge is 0.305 e. The van der Waals surface area contributed by atoms with Gasteiger partial charge in [0.2, 0.25) is 5.95 Å². The fourth-order valence-corrected chi connectivity index (χ4v) is 1.89. The van der Waals surface area contributed by atoms with Crippen molar-refractivity contribution in [2.45, 2.75) is 25.9 Å². The molecule has 1 saturated heterocycles. The summed E-state index contributed by atoms with van der Waals surface area (Å²) < 4.78 is 5.72. The van der Waals surface area contributed by atoms with Gasteiger partial charge in [-0.25, -0.2) is 9.97 Å². The minimum absolute atomic E-state index is 0.0923. The molecule has 2 heterocycles. The van der Waals surface area contributed by atoms with Crippen LogP contribution in [0.3, 0.4) is 0 Å². The van der Waals surface area contributed by atoms with E-state index in [1.54, 1.807) is 0 Å². The second-order valence-electron chi connectivity index (χ2n) is 4.57. The molecule has 1 fully saturated rings. The van der Waals surface area contributed by atoms with E-state index in [4.69, 9.17) is 4.74 Å². The lowest BCUT2D eigenvalue weighted by atomic mass is 10.0. The standard InChI is InChI=1S/C11H16N4O3/c1-3-11(2)8-14(4-5-18-11)10-12-6-9(7-13-10)15(16)17/h6-7H,3-5,8H2,1-2H3. The Morgan fingerprint density at radius 3 is 2.78 bits per heavy atom. The Kier molecular flexibility index (Phi) is 3.42. The normalized spacial score (nSPS) is 24.0. The van der Waals surface area contributed by atoms with Crippen molar-refractivity contribution >= 4 is 11.6 Å². The second-order valence-corrected chi connectivity index (χ2v) is 4.57. The molecule has 0 spiro atoms. The summed E-state index contributed by atoms with van der Waals surface area (Å²) in [5.74, 6) is 0.517. The van der Waals surface area contributed by atoms with Crippen molar-refractivity contribution in [2.24, 2.45) is 0 Å². The molecule has 0 bridgehead atoms. The molecule has 7 heteroatoms. The van der Waals surface area contributed by atoms with Crippen LogP contribution in [0.25, 0.3) is 0 Å². The molecule has 1 aromatic heterocycles. The van der Waals surface area contributed by atoms with E-state index < -0.39 is 4.92 Å². The molecule has 0 radical (unpaired) electrons. The third kappa shape index (κ3) is 2.56. The first-order chi connectivity index (χ1) is 8.54. The lowest BCUT2D eigenvalue weighted by Gasteiger charge is -2.39. The van der Waals surface area contributed by atoms with Crippen LogP contribution in [0.15, 0.2) is 12.4 Å². The maximum atomic E-state index is 10.5. The fourth-order valence-electron chi connectivity index (χ4n) is 1.89. The molecule has 98 valence electrons. The Balaban J connectivity index is 2.14. The third-order valence-corrected chi connectivity index (χ3v) is 3.20. The van der Waals surface area contributed by atoms with Crippen LogP contribution in [-0.4, -0.2) is 40.2 Å². The lowest BCUT2D eigenvalue weighted by molar-refractivity contribution is -0.385. The number of nitro groups is 1. The zero-order valence-electron chi connectivity index (χ0n) is 10.5. The average Bonchev–Trinajstić information content (AvgIpc) is 2.39. The van der Waals surface area contributed by atoms with Gasteiger partial charge in [0.1, 0.15) is 12.4 Å². The molecule has 18 heavy (non-hydrogen) atoms. The molecule has 0 saturated carbocycles. The summed E-state index contributed by atoms with van der Waals surface area (Å²) in [4.78, 5) is 20.1. The van der Waals surface area contributed by atoms with Crippen molar-refractivity contribution in [3.8, 4) is 0 Å². The van der Waals surface area contributed by atoms with Gasteiger partial charge in [0, 0.05) is 13.1 Å². The minimum Gasteiger partial charge on any atom is -0.372 e. The molecule has 2 rings (SSSR count). The van der Waals surface area contributed by atoms with Gasteiger partial charge >= 0.3 is 5.69 Å². The molecule has 1 aromatic rings. The van der Waals surface area contributed by atoms with Gasteiger partial charge in [0.05, 0.1) is 17.1 Å². The van der Waals surface area contributed by atoms with E-state index in [0.29, 0.717) is 25.6 Å². The Morgan fingerprint density at radius 1 is 1.56 bits per heavy atom. The van der Waals surface area contributed by atoms with Crippen molar-refractivity contribution in [1.82, 2.24) is 9.97 Å². The molecular weight excluding hydrogens is 236 g/mol. The first kappa shape index (κ1) is 12.7. The van der Waals surface area contributed by atoms with Gasteiger partial charge in [0.25, 0.3) is 0 Å².